The Morgan fingerprint density at radius 2 is 1.95 bits per heavy atom. The number of nitrogens with zero attached hydrogens (tertiary/aromatic N) is 6. The summed E-state index contributed by atoms with van der Waals surface area (Å²) < 4.78 is 32.5. The van der Waals surface area contributed by atoms with Gasteiger partial charge in [0.15, 0.2) is 23.0 Å². The van der Waals surface area contributed by atoms with Crippen LogP contribution in [0.5, 0.6) is 17.2 Å². The van der Waals surface area contributed by atoms with Gasteiger partial charge in [0, 0.05) is 54.8 Å². The van der Waals surface area contributed by atoms with Crippen molar-refractivity contribution < 1.29 is 18.6 Å². The zero-order valence-corrected chi connectivity index (χ0v) is 21.9. The van der Waals surface area contributed by atoms with Crippen molar-refractivity contribution in [2.24, 2.45) is 0 Å². The molecule has 0 radical (unpaired) electrons. The molecule has 6 rings (SSSR count). The molecule has 1 atom stereocenters. The van der Waals surface area contributed by atoms with Crippen molar-refractivity contribution in [3.8, 4) is 17.2 Å². The molecule has 1 aliphatic heterocycles. The number of nitrogens with one attached hydrogen (secondary N) is 2. The fourth-order valence-electron chi connectivity index (χ4n) is 5.08. The second-order valence-corrected chi connectivity index (χ2v) is 9.42. The molecule has 4 heterocycles. The molecular weight excluding hydrogens is 503 g/mol. The predicted molar refractivity (Wildman–Crippen MR) is 144 cm³/mol. The first-order chi connectivity index (χ1) is 19.1. The molecule has 1 fully saturated rings. The number of H-pyrrole nitrogens is 1. The Morgan fingerprint density at radius 1 is 1.08 bits per heavy atom. The Bertz CT molecular complexity index is 1620. The smallest absolute Gasteiger partial charge is 0.226 e. The van der Waals surface area contributed by atoms with Crippen molar-refractivity contribution in [1.82, 2.24) is 29.8 Å². The van der Waals surface area contributed by atoms with Gasteiger partial charge in [0.1, 0.15) is 11.5 Å². The summed E-state index contributed by atoms with van der Waals surface area (Å²) in [4.78, 5) is 12.0. The first kappa shape index (κ1) is 24.7. The van der Waals surface area contributed by atoms with Gasteiger partial charge in [-0.2, -0.15) is 9.61 Å². The number of methoxy groups -OCH3 is 3. The molecule has 2 aromatic carbocycles. The normalized spacial score (nSPS) is 15.6. The highest BCUT2D eigenvalue weighted by molar-refractivity contribution is 5.93. The number of halogens is 1. The maximum atomic E-state index is 14.8. The molecule has 12 heteroatoms. The van der Waals surface area contributed by atoms with Gasteiger partial charge in [-0.15, -0.1) is 5.10 Å². The van der Waals surface area contributed by atoms with Gasteiger partial charge >= 0.3 is 0 Å². The molecular formula is C27H29FN8O3. The minimum absolute atomic E-state index is 0.0984. The maximum Gasteiger partial charge on any atom is 0.226 e. The van der Waals surface area contributed by atoms with Crippen LogP contribution in [0.1, 0.15) is 30.1 Å². The maximum absolute atomic E-state index is 14.8. The number of aromatic amines is 1. The predicted octanol–water partition coefficient (Wildman–Crippen LogP) is 4.16. The summed E-state index contributed by atoms with van der Waals surface area (Å²) in [5.41, 5.74) is 3.03. The van der Waals surface area contributed by atoms with E-state index in [1.165, 1.54) is 13.2 Å². The molecule has 1 unspecified atom stereocenters. The highest BCUT2D eigenvalue weighted by Crippen LogP contribution is 2.32. The number of piperidine rings is 1. The molecule has 1 saturated heterocycles. The fourth-order valence-corrected chi connectivity index (χ4v) is 5.08. The number of aromatic nitrogens is 6. The first-order valence-corrected chi connectivity index (χ1v) is 12.7. The van der Waals surface area contributed by atoms with Crippen molar-refractivity contribution >= 4 is 28.2 Å². The van der Waals surface area contributed by atoms with E-state index in [0.717, 1.165) is 37.2 Å². The van der Waals surface area contributed by atoms with Crippen LogP contribution in [0.2, 0.25) is 0 Å². The number of benzene rings is 2. The molecule has 202 valence electrons. The van der Waals surface area contributed by atoms with E-state index < -0.39 is 5.82 Å². The lowest BCUT2D eigenvalue weighted by Crippen LogP contribution is -2.34. The number of fused-ring (bicyclic) bond motifs is 3. The van der Waals surface area contributed by atoms with Crippen LogP contribution < -0.4 is 24.4 Å². The molecule has 39 heavy (non-hydrogen) atoms. The van der Waals surface area contributed by atoms with Gasteiger partial charge in [0.2, 0.25) is 5.95 Å². The molecule has 0 spiro atoms. The van der Waals surface area contributed by atoms with Crippen LogP contribution >= 0.6 is 0 Å². The highest BCUT2D eigenvalue weighted by atomic mass is 19.1. The number of hydrogen-bond donors (Lipinski definition) is 2. The summed E-state index contributed by atoms with van der Waals surface area (Å²) in [6, 6.07) is 8.62. The number of ether oxygens (including phenoxy) is 3. The number of hydrogen-bond acceptors (Lipinski definition) is 9. The van der Waals surface area contributed by atoms with Crippen LogP contribution in [0.4, 0.5) is 16.0 Å². The second kappa shape index (κ2) is 10.3. The average Bonchev–Trinajstić information content (AvgIpc) is 3.67. The summed E-state index contributed by atoms with van der Waals surface area (Å²) in [5, 5.41) is 15.8. The van der Waals surface area contributed by atoms with E-state index in [0.29, 0.717) is 46.4 Å². The van der Waals surface area contributed by atoms with Crippen molar-refractivity contribution in [2.45, 2.75) is 25.3 Å². The molecule has 0 amide bonds. The van der Waals surface area contributed by atoms with E-state index in [1.54, 1.807) is 24.8 Å². The Morgan fingerprint density at radius 3 is 2.72 bits per heavy atom. The Balaban J connectivity index is 1.40. The summed E-state index contributed by atoms with van der Waals surface area (Å²) in [6.45, 7) is 2.11. The lowest BCUT2D eigenvalue weighted by molar-refractivity contribution is 0.387. The second-order valence-electron chi connectivity index (χ2n) is 9.42. The van der Waals surface area contributed by atoms with E-state index >= 15 is 0 Å². The van der Waals surface area contributed by atoms with Crippen molar-refractivity contribution in [1.29, 1.82) is 0 Å². The van der Waals surface area contributed by atoms with E-state index in [1.807, 2.05) is 30.6 Å². The third-order valence-electron chi connectivity index (χ3n) is 7.13. The van der Waals surface area contributed by atoms with Crippen LogP contribution in [-0.2, 0) is 6.54 Å². The molecule has 0 saturated carbocycles. The average molecular weight is 533 g/mol. The number of anilines is 2. The van der Waals surface area contributed by atoms with E-state index in [9.17, 15) is 4.39 Å². The van der Waals surface area contributed by atoms with Crippen molar-refractivity contribution in [3.63, 3.8) is 0 Å². The minimum atomic E-state index is -0.481. The molecule has 11 nitrogen and oxygen atoms in total. The highest BCUT2D eigenvalue weighted by Gasteiger charge is 2.27. The molecule has 3 aromatic heterocycles. The van der Waals surface area contributed by atoms with Crippen LogP contribution in [0.15, 0.2) is 42.7 Å². The summed E-state index contributed by atoms with van der Waals surface area (Å²) in [7, 11) is 4.66. The molecule has 2 N–H and O–H groups in total. The van der Waals surface area contributed by atoms with Crippen molar-refractivity contribution in [3.05, 3.63) is 59.9 Å². The Kier molecular flexibility index (Phi) is 6.51. The van der Waals surface area contributed by atoms with E-state index in [-0.39, 0.29) is 11.7 Å². The lowest BCUT2D eigenvalue weighted by Gasteiger charge is -2.32. The van der Waals surface area contributed by atoms with Gasteiger partial charge < -0.3 is 24.4 Å². The topological polar surface area (TPSA) is 115 Å². The van der Waals surface area contributed by atoms with Crippen LogP contribution in [0, 0.1) is 5.82 Å². The Labute approximate surface area is 223 Å². The van der Waals surface area contributed by atoms with Gasteiger partial charge in [0.25, 0.3) is 0 Å². The lowest BCUT2D eigenvalue weighted by atomic mass is 9.97. The zero-order valence-electron chi connectivity index (χ0n) is 21.9. The SMILES string of the molecule is COc1ccc(CNc2nc3cc(OC)c(F)cc3c3nc(C4CCCN(c5cn[nH]c5)C4)nn23)c(OC)c1. The van der Waals surface area contributed by atoms with Gasteiger partial charge in [-0.3, -0.25) is 5.10 Å². The third-order valence-corrected chi connectivity index (χ3v) is 7.13. The van der Waals surface area contributed by atoms with Gasteiger partial charge in [-0.1, -0.05) is 0 Å². The first-order valence-electron chi connectivity index (χ1n) is 12.7. The van der Waals surface area contributed by atoms with Gasteiger partial charge in [-0.25, -0.2) is 14.4 Å². The fraction of sp³-hybridized carbons (Fsp3) is 0.333. The Hall–Kier alpha value is -4.61. The molecule has 0 bridgehead atoms. The van der Waals surface area contributed by atoms with Gasteiger partial charge in [0.05, 0.1) is 38.7 Å². The van der Waals surface area contributed by atoms with E-state index in [4.69, 9.17) is 29.3 Å². The standard InChI is InChI=1S/C27H29FN8O3/c1-37-19-7-6-16(23(9-19)38-2)12-29-27-32-22-11-24(39-3)21(28)10-20(22)26-33-25(34-36(26)27)17-5-4-8-35(15-17)18-13-30-31-14-18/h6-7,9-11,13-14,17H,4-5,8,12,15H2,1-3H3,(H,29,32)(H,30,31). The van der Waals surface area contributed by atoms with Gasteiger partial charge in [-0.05, 0) is 31.0 Å². The van der Waals surface area contributed by atoms with Crippen LogP contribution in [0.3, 0.4) is 0 Å². The minimum Gasteiger partial charge on any atom is -0.497 e. The number of rotatable bonds is 8. The zero-order chi connectivity index (χ0) is 26.9. The van der Waals surface area contributed by atoms with E-state index in [2.05, 4.69) is 20.4 Å². The van der Waals surface area contributed by atoms with Crippen LogP contribution in [0.25, 0.3) is 16.6 Å². The molecule has 0 aliphatic carbocycles. The summed E-state index contributed by atoms with van der Waals surface area (Å²) >= 11 is 0. The monoisotopic (exact) mass is 532 g/mol. The quantitative estimate of drug-likeness (QED) is 0.304. The largest absolute Gasteiger partial charge is 0.497 e. The third kappa shape index (κ3) is 4.62. The molecule has 5 aromatic rings. The van der Waals surface area contributed by atoms with Crippen LogP contribution in [-0.4, -0.2) is 64.2 Å². The van der Waals surface area contributed by atoms with Crippen molar-refractivity contribution in [2.75, 3.05) is 44.6 Å². The molecule has 1 aliphatic rings. The summed E-state index contributed by atoms with van der Waals surface area (Å²) in [5.74, 6) is 2.29. The summed E-state index contributed by atoms with van der Waals surface area (Å²) in [6.07, 6.45) is 5.66.